The monoisotopic (exact) mass is 941 g/mol. The summed E-state index contributed by atoms with van der Waals surface area (Å²) in [5.41, 5.74) is 0. The molecule has 0 aromatic rings. The minimum absolute atomic E-state index is 0.0647. The normalized spacial score (nSPS) is 19.6. The molecule has 1 saturated heterocycles. The van der Waals surface area contributed by atoms with E-state index in [2.05, 4.69) is 87.6 Å². The van der Waals surface area contributed by atoms with E-state index in [1.807, 2.05) is 18.2 Å². The third kappa shape index (κ3) is 33.9. The number of esters is 3. The second kappa shape index (κ2) is 43.2. The first-order valence-corrected chi connectivity index (χ1v) is 25.6. The lowest BCUT2D eigenvalue weighted by Gasteiger charge is -2.40. The highest BCUT2D eigenvalue weighted by molar-refractivity contribution is 5.74. The number of rotatable bonds is 41. The summed E-state index contributed by atoms with van der Waals surface area (Å²) in [5.74, 6) is -3.26. The predicted octanol–water partition coefficient (Wildman–Crippen LogP) is 12.0. The van der Waals surface area contributed by atoms with E-state index in [9.17, 15) is 34.5 Å². The van der Waals surface area contributed by atoms with Crippen LogP contribution in [0.3, 0.4) is 0 Å². The van der Waals surface area contributed by atoms with Gasteiger partial charge in [0.25, 0.3) is 0 Å². The molecule has 0 amide bonds. The lowest BCUT2D eigenvalue weighted by molar-refractivity contribution is -0.301. The number of aliphatic carboxylic acids is 1. The van der Waals surface area contributed by atoms with Crippen molar-refractivity contribution in [2.24, 2.45) is 0 Å². The van der Waals surface area contributed by atoms with Crippen molar-refractivity contribution in [3.8, 4) is 0 Å². The number of carbonyl (C=O) groups excluding carboxylic acids is 3. The van der Waals surface area contributed by atoms with Gasteiger partial charge in [-0.3, -0.25) is 14.4 Å². The number of hydrogen-bond acceptors (Lipinski definition) is 11. The van der Waals surface area contributed by atoms with Crippen LogP contribution in [0.15, 0.2) is 85.1 Å². The van der Waals surface area contributed by atoms with Crippen LogP contribution in [-0.4, -0.2) is 89.2 Å². The zero-order valence-corrected chi connectivity index (χ0v) is 41.4. The number of carboxylic acids is 1. The summed E-state index contributed by atoms with van der Waals surface area (Å²) in [7, 11) is 0. The van der Waals surface area contributed by atoms with Crippen molar-refractivity contribution in [1.82, 2.24) is 0 Å². The first-order chi connectivity index (χ1) is 32.6. The van der Waals surface area contributed by atoms with Gasteiger partial charge in [0.1, 0.15) is 18.8 Å². The van der Waals surface area contributed by atoms with Gasteiger partial charge in [-0.05, 0) is 77.0 Å². The molecular formula is C55H88O12. The van der Waals surface area contributed by atoms with E-state index in [0.29, 0.717) is 25.7 Å². The minimum Gasteiger partial charge on any atom is -0.479 e. The lowest BCUT2D eigenvalue weighted by Crippen LogP contribution is -2.61. The van der Waals surface area contributed by atoms with Crippen molar-refractivity contribution < 1.29 is 58.2 Å². The number of aliphatic hydroxyl groups excluding tert-OH is 2. The molecule has 67 heavy (non-hydrogen) atoms. The topological polar surface area (TPSA) is 175 Å². The van der Waals surface area contributed by atoms with Crippen LogP contribution in [0.4, 0.5) is 0 Å². The number of allylic oxidation sites excluding steroid dienone is 14. The summed E-state index contributed by atoms with van der Waals surface area (Å²) in [6.07, 6.45) is 41.7. The number of hydrogen-bond donors (Lipinski definition) is 3. The van der Waals surface area contributed by atoms with Gasteiger partial charge in [0.05, 0.1) is 6.61 Å². The van der Waals surface area contributed by atoms with E-state index >= 15 is 0 Å². The minimum atomic E-state index is -1.93. The Morgan fingerprint density at radius 2 is 0.970 bits per heavy atom. The second-order valence-electron chi connectivity index (χ2n) is 17.0. The first-order valence-electron chi connectivity index (χ1n) is 25.6. The Kier molecular flexibility index (Phi) is 39.3. The fourth-order valence-corrected chi connectivity index (χ4v) is 7.10. The molecule has 1 aliphatic rings. The molecule has 0 aromatic heterocycles. The highest BCUT2D eigenvalue weighted by atomic mass is 16.7. The van der Waals surface area contributed by atoms with E-state index in [1.165, 1.54) is 32.1 Å². The standard InChI is InChI=1S/C55H88O12/c1-4-7-10-13-16-19-21-23-24-26-27-30-32-35-38-41-47(56)63-44-46(65-48(57)42-39-36-33-29-18-15-12-9-6-3)45-64-55-53(51(60)50(59)52(67-55)54(61)62)66-49(58)43-40-37-34-31-28-25-22-20-17-14-11-8-5-2/h7-8,10-11,16-17,19-20,23-25,28,34,37,46,50-53,55,59-60H,4-6,9,12-15,18,21-22,26-27,29-33,35-36,38-45H2,1-3H3,(H,61,62)/b10-7-,11-8-,19-16-,20-17-,24-23-,28-25-,37-34-. The molecule has 0 bridgehead atoms. The molecule has 6 atom stereocenters. The summed E-state index contributed by atoms with van der Waals surface area (Å²) >= 11 is 0. The number of aliphatic hydroxyl groups is 2. The van der Waals surface area contributed by atoms with Gasteiger partial charge in [-0.25, -0.2) is 4.79 Å². The Morgan fingerprint density at radius 3 is 1.49 bits per heavy atom. The van der Waals surface area contributed by atoms with Crippen LogP contribution in [-0.2, 0) is 42.9 Å². The third-order valence-corrected chi connectivity index (χ3v) is 11.0. The fraction of sp³-hybridized carbons (Fsp3) is 0.673. The molecule has 0 saturated carbocycles. The average molecular weight is 941 g/mol. The van der Waals surface area contributed by atoms with Crippen molar-refractivity contribution >= 4 is 23.9 Å². The number of unbranched alkanes of at least 4 members (excludes halogenated alkanes) is 13. The molecule has 0 radical (unpaired) electrons. The molecular weight excluding hydrogens is 853 g/mol. The predicted molar refractivity (Wildman–Crippen MR) is 266 cm³/mol. The molecule has 0 aromatic carbocycles. The summed E-state index contributed by atoms with van der Waals surface area (Å²) in [5, 5.41) is 31.2. The summed E-state index contributed by atoms with van der Waals surface area (Å²) in [6.45, 7) is 5.65. The van der Waals surface area contributed by atoms with Gasteiger partial charge in [0, 0.05) is 19.3 Å². The van der Waals surface area contributed by atoms with Crippen LogP contribution < -0.4 is 0 Å². The van der Waals surface area contributed by atoms with Crippen LogP contribution in [0, 0.1) is 0 Å². The lowest BCUT2D eigenvalue weighted by atomic mass is 9.98. The highest BCUT2D eigenvalue weighted by Gasteiger charge is 2.50. The van der Waals surface area contributed by atoms with E-state index in [0.717, 1.165) is 89.9 Å². The van der Waals surface area contributed by atoms with Crippen LogP contribution in [0.5, 0.6) is 0 Å². The maximum Gasteiger partial charge on any atom is 0.335 e. The van der Waals surface area contributed by atoms with Gasteiger partial charge >= 0.3 is 23.9 Å². The van der Waals surface area contributed by atoms with E-state index < -0.39 is 67.3 Å². The van der Waals surface area contributed by atoms with Crippen LogP contribution in [0.25, 0.3) is 0 Å². The molecule has 6 unspecified atom stereocenters. The van der Waals surface area contributed by atoms with Gasteiger partial charge in [0.2, 0.25) is 0 Å². The first kappa shape index (κ1) is 60.9. The summed E-state index contributed by atoms with van der Waals surface area (Å²) in [4.78, 5) is 50.7. The van der Waals surface area contributed by atoms with E-state index in [1.54, 1.807) is 0 Å². The van der Waals surface area contributed by atoms with Crippen molar-refractivity contribution in [2.45, 2.75) is 225 Å². The largest absolute Gasteiger partial charge is 0.479 e. The Hall–Kier alpha value is -4.10. The Balaban J connectivity index is 2.77. The smallest absolute Gasteiger partial charge is 0.335 e. The van der Waals surface area contributed by atoms with Crippen LogP contribution in [0.2, 0.25) is 0 Å². The van der Waals surface area contributed by atoms with Gasteiger partial charge < -0.3 is 39.0 Å². The maximum absolute atomic E-state index is 13.0. The summed E-state index contributed by atoms with van der Waals surface area (Å²) in [6, 6.07) is 0. The van der Waals surface area contributed by atoms with Crippen molar-refractivity contribution in [1.29, 1.82) is 0 Å². The number of carboxylic acid groups (broad SMARTS) is 1. The maximum atomic E-state index is 13.0. The van der Waals surface area contributed by atoms with Gasteiger partial charge in [-0.15, -0.1) is 0 Å². The SMILES string of the molecule is CC/C=C\C/C=C\C/C=C\C/C=C\CCC(=O)OC1C(OCC(COC(=O)CCCCCCC/C=C\C/C=C\C/C=C\CC)OC(=O)CCCCCCCCCCC)OC(C(=O)O)C(O)C1O. The Morgan fingerprint density at radius 1 is 0.507 bits per heavy atom. The molecule has 380 valence electrons. The quantitative estimate of drug-likeness (QED) is 0.0229. The van der Waals surface area contributed by atoms with Crippen molar-refractivity contribution in [2.75, 3.05) is 13.2 Å². The zero-order chi connectivity index (χ0) is 49.0. The number of carbonyl (C=O) groups is 4. The highest BCUT2D eigenvalue weighted by Crippen LogP contribution is 2.26. The van der Waals surface area contributed by atoms with E-state index in [4.69, 9.17) is 23.7 Å². The molecule has 1 aliphatic heterocycles. The molecule has 3 N–H and O–H groups in total. The van der Waals surface area contributed by atoms with Gasteiger partial charge in [-0.1, -0.05) is 176 Å². The molecule has 1 rings (SSSR count). The molecule has 0 spiro atoms. The summed E-state index contributed by atoms with van der Waals surface area (Å²) < 4.78 is 28.1. The van der Waals surface area contributed by atoms with Gasteiger partial charge in [-0.2, -0.15) is 0 Å². The van der Waals surface area contributed by atoms with Crippen molar-refractivity contribution in [3.05, 3.63) is 85.1 Å². The molecule has 1 fully saturated rings. The molecule has 12 nitrogen and oxygen atoms in total. The fourth-order valence-electron chi connectivity index (χ4n) is 7.10. The zero-order valence-electron chi connectivity index (χ0n) is 41.4. The van der Waals surface area contributed by atoms with Crippen molar-refractivity contribution in [3.63, 3.8) is 0 Å². The molecule has 12 heteroatoms. The van der Waals surface area contributed by atoms with Gasteiger partial charge in [0.15, 0.2) is 24.6 Å². The number of ether oxygens (including phenoxy) is 5. The van der Waals surface area contributed by atoms with Crippen LogP contribution >= 0.6 is 0 Å². The second-order valence-corrected chi connectivity index (χ2v) is 17.0. The molecule has 0 aliphatic carbocycles. The molecule has 1 heterocycles. The third-order valence-electron chi connectivity index (χ3n) is 11.0. The van der Waals surface area contributed by atoms with Crippen LogP contribution in [0.1, 0.15) is 188 Å². The van der Waals surface area contributed by atoms with E-state index in [-0.39, 0.29) is 25.9 Å². The average Bonchev–Trinajstić information content (AvgIpc) is 3.31. The Bertz CT molecular complexity index is 1490. The Labute approximate surface area is 403 Å².